The Hall–Kier alpha value is -2.16. The van der Waals surface area contributed by atoms with Crippen LogP contribution in [0.3, 0.4) is 0 Å². The summed E-state index contributed by atoms with van der Waals surface area (Å²) in [5.74, 6) is -0.691. The average Bonchev–Trinajstić information content (AvgIpc) is 2.53. The minimum atomic E-state index is -0.738. The van der Waals surface area contributed by atoms with Gasteiger partial charge >= 0.3 is 5.97 Å². The standard InChI is InChI=1S/C18H19NO2/c20-17(21)18(11-7-14-8-12-19-13-9-14)10-3-5-15-4-1-2-6-16(15)18/h1-2,4,6,8-9,12-13H,3,5,7,10-11H2,(H,20,21). The van der Waals surface area contributed by atoms with Gasteiger partial charge in [0.05, 0.1) is 5.41 Å². The minimum Gasteiger partial charge on any atom is -0.481 e. The summed E-state index contributed by atoms with van der Waals surface area (Å²) in [4.78, 5) is 16.1. The number of aryl methyl sites for hydroxylation is 2. The minimum absolute atomic E-state index is 0.642. The fraction of sp³-hybridized carbons (Fsp3) is 0.333. The quantitative estimate of drug-likeness (QED) is 0.934. The highest BCUT2D eigenvalue weighted by atomic mass is 16.4. The number of carbonyl (C=O) groups is 1. The van der Waals surface area contributed by atoms with Crippen LogP contribution in [0.15, 0.2) is 48.8 Å². The van der Waals surface area contributed by atoms with Crippen LogP contribution in [0.2, 0.25) is 0 Å². The molecule has 21 heavy (non-hydrogen) atoms. The molecule has 1 aliphatic rings. The van der Waals surface area contributed by atoms with E-state index in [0.717, 1.165) is 36.8 Å². The van der Waals surface area contributed by atoms with Crippen molar-refractivity contribution in [3.8, 4) is 0 Å². The van der Waals surface area contributed by atoms with E-state index in [9.17, 15) is 9.90 Å². The molecular formula is C18H19NO2. The maximum atomic E-state index is 12.0. The number of benzene rings is 1. The van der Waals surface area contributed by atoms with Gasteiger partial charge in [0.15, 0.2) is 0 Å². The molecule has 1 aliphatic carbocycles. The number of carboxylic acid groups (broad SMARTS) is 1. The van der Waals surface area contributed by atoms with Crippen molar-refractivity contribution in [3.63, 3.8) is 0 Å². The van der Waals surface area contributed by atoms with Crippen LogP contribution in [0.4, 0.5) is 0 Å². The van der Waals surface area contributed by atoms with Gasteiger partial charge in [-0.05, 0) is 60.9 Å². The maximum Gasteiger partial charge on any atom is 0.314 e. The molecule has 108 valence electrons. The van der Waals surface area contributed by atoms with Crippen molar-refractivity contribution in [1.82, 2.24) is 4.98 Å². The average molecular weight is 281 g/mol. The zero-order valence-electron chi connectivity index (χ0n) is 12.0. The Morgan fingerprint density at radius 3 is 2.71 bits per heavy atom. The highest BCUT2D eigenvalue weighted by Gasteiger charge is 2.42. The second kappa shape index (κ2) is 5.68. The number of aliphatic carboxylic acids is 1. The molecule has 0 amide bonds. The van der Waals surface area contributed by atoms with Gasteiger partial charge in [0.2, 0.25) is 0 Å². The molecule has 0 spiro atoms. The monoisotopic (exact) mass is 281 g/mol. The fourth-order valence-electron chi connectivity index (χ4n) is 3.42. The normalized spacial score (nSPS) is 20.8. The molecule has 3 rings (SSSR count). The molecule has 1 atom stereocenters. The Kier molecular flexibility index (Phi) is 3.74. The first-order valence-corrected chi connectivity index (χ1v) is 7.43. The van der Waals surface area contributed by atoms with E-state index in [-0.39, 0.29) is 0 Å². The molecule has 3 heteroatoms. The predicted molar refractivity (Wildman–Crippen MR) is 81.3 cm³/mol. The lowest BCUT2D eigenvalue weighted by Crippen LogP contribution is -2.39. The Morgan fingerprint density at radius 1 is 1.19 bits per heavy atom. The molecule has 3 nitrogen and oxygen atoms in total. The molecular weight excluding hydrogens is 262 g/mol. The molecule has 0 bridgehead atoms. The first-order chi connectivity index (χ1) is 10.2. The van der Waals surface area contributed by atoms with Gasteiger partial charge in [-0.25, -0.2) is 0 Å². The summed E-state index contributed by atoms with van der Waals surface area (Å²) in [5, 5.41) is 9.90. The van der Waals surface area contributed by atoms with Crippen molar-refractivity contribution < 1.29 is 9.90 Å². The van der Waals surface area contributed by atoms with Crippen LogP contribution >= 0.6 is 0 Å². The highest BCUT2D eigenvalue weighted by molar-refractivity contribution is 5.82. The zero-order valence-corrected chi connectivity index (χ0v) is 12.0. The number of nitrogens with zero attached hydrogens (tertiary/aromatic N) is 1. The number of rotatable bonds is 4. The molecule has 0 fully saturated rings. The third-order valence-electron chi connectivity index (χ3n) is 4.58. The molecule has 2 aromatic rings. The van der Waals surface area contributed by atoms with Crippen LogP contribution in [-0.4, -0.2) is 16.1 Å². The highest BCUT2D eigenvalue weighted by Crippen LogP contribution is 2.41. The van der Waals surface area contributed by atoms with E-state index in [2.05, 4.69) is 11.1 Å². The summed E-state index contributed by atoms with van der Waals surface area (Å²) in [5.41, 5.74) is 2.62. The molecule has 1 heterocycles. The SMILES string of the molecule is O=C(O)C1(CCc2ccncc2)CCCc2ccccc21. The smallest absolute Gasteiger partial charge is 0.314 e. The predicted octanol–water partition coefficient (Wildman–Crippen LogP) is 3.37. The summed E-state index contributed by atoms with van der Waals surface area (Å²) >= 11 is 0. The van der Waals surface area contributed by atoms with Gasteiger partial charge in [-0.3, -0.25) is 9.78 Å². The van der Waals surface area contributed by atoms with Crippen LogP contribution in [0.1, 0.15) is 36.0 Å². The van der Waals surface area contributed by atoms with Gasteiger partial charge in [0.1, 0.15) is 0 Å². The third-order valence-corrected chi connectivity index (χ3v) is 4.58. The van der Waals surface area contributed by atoms with E-state index in [0.29, 0.717) is 6.42 Å². The van der Waals surface area contributed by atoms with E-state index in [1.807, 2.05) is 30.3 Å². The zero-order chi connectivity index (χ0) is 14.7. The summed E-state index contributed by atoms with van der Waals surface area (Å²) in [6, 6.07) is 11.9. The molecule has 0 radical (unpaired) electrons. The lowest BCUT2D eigenvalue weighted by atomic mass is 9.67. The topological polar surface area (TPSA) is 50.2 Å². The van der Waals surface area contributed by atoms with Crippen molar-refractivity contribution in [2.24, 2.45) is 0 Å². The van der Waals surface area contributed by atoms with Gasteiger partial charge in [-0.15, -0.1) is 0 Å². The lowest BCUT2D eigenvalue weighted by molar-refractivity contribution is -0.144. The van der Waals surface area contributed by atoms with Crippen LogP contribution in [-0.2, 0) is 23.1 Å². The summed E-state index contributed by atoms with van der Waals surface area (Å²) in [6.07, 6.45) is 7.59. The second-order valence-electron chi connectivity index (χ2n) is 5.75. The maximum absolute atomic E-state index is 12.0. The first kappa shape index (κ1) is 13.8. The van der Waals surface area contributed by atoms with E-state index >= 15 is 0 Å². The van der Waals surface area contributed by atoms with Crippen LogP contribution in [0.25, 0.3) is 0 Å². The van der Waals surface area contributed by atoms with Crippen LogP contribution in [0.5, 0.6) is 0 Å². The van der Waals surface area contributed by atoms with E-state index in [1.165, 1.54) is 5.56 Å². The van der Waals surface area contributed by atoms with Crippen molar-refractivity contribution in [3.05, 3.63) is 65.5 Å². The molecule has 1 aromatic heterocycles. The number of fused-ring (bicyclic) bond motifs is 1. The van der Waals surface area contributed by atoms with Crippen LogP contribution < -0.4 is 0 Å². The second-order valence-corrected chi connectivity index (χ2v) is 5.75. The molecule has 0 saturated carbocycles. The number of hydrogen-bond donors (Lipinski definition) is 1. The first-order valence-electron chi connectivity index (χ1n) is 7.43. The van der Waals surface area contributed by atoms with Crippen molar-refractivity contribution in [2.45, 2.75) is 37.5 Å². The number of pyridine rings is 1. The summed E-state index contributed by atoms with van der Waals surface area (Å²) in [7, 11) is 0. The molecule has 1 aromatic carbocycles. The molecule has 1 unspecified atom stereocenters. The van der Waals surface area contributed by atoms with Gasteiger partial charge in [-0.2, -0.15) is 0 Å². The lowest BCUT2D eigenvalue weighted by Gasteiger charge is -2.35. The van der Waals surface area contributed by atoms with Gasteiger partial charge in [-0.1, -0.05) is 24.3 Å². The molecule has 0 aliphatic heterocycles. The van der Waals surface area contributed by atoms with E-state index in [4.69, 9.17) is 0 Å². The third kappa shape index (κ3) is 2.56. The Morgan fingerprint density at radius 2 is 1.95 bits per heavy atom. The number of aromatic nitrogens is 1. The Balaban J connectivity index is 1.93. The van der Waals surface area contributed by atoms with Crippen LogP contribution in [0, 0.1) is 0 Å². The van der Waals surface area contributed by atoms with Crippen molar-refractivity contribution in [1.29, 1.82) is 0 Å². The van der Waals surface area contributed by atoms with Crippen molar-refractivity contribution in [2.75, 3.05) is 0 Å². The Bertz CT molecular complexity index is 639. The van der Waals surface area contributed by atoms with Gasteiger partial charge in [0.25, 0.3) is 0 Å². The number of hydrogen-bond acceptors (Lipinski definition) is 2. The van der Waals surface area contributed by atoms with Gasteiger partial charge in [0, 0.05) is 12.4 Å². The summed E-state index contributed by atoms with van der Waals surface area (Å²) < 4.78 is 0. The Labute approximate surface area is 124 Å². The summed E-state index contributed by atoms with van der Waals surface area (Å²) in [6.45, 7) is 0. The molecule has 1 N–H and O–H groups in total. The largest absolute Gasteiger partial charge is 0.481 e. The van der Waals surface area contributed by atoms with E-state index < -0.39 is 11.4 Å². The fourth-order valence-corrected chi connectivity index (χ4v) is 3.42. The number of carboxylic acids is 1. The van der Waals surface area contributed by atoms with E-state index in [1.54, 1.807) is 12.4 Å². The van der Waals surface area contributed by atoms with Crippen molar-refractivity contribution >= 4 is 5.97 Å². The van der Waals surface area contributed by atoms with Gasteiger partial charge < -0.3 is 5.11 Å². The molecule has 0 saturated heterocycles.